The van der Waals surface area contributed by atoms with Crippen LogP contribution in [0.5, 0.6) is 5.75 Å². The minimum Gasteiger partial charge on any atom is -0.489 e. The molecule has 5 heteroatoms. The lowest BCUT2D eigenvalue weighted by molar-refractivity contribution is 0.0955. The summed E-state index contributed by atoms with van der Waals surface area (Å²) in [5.74, 6) is 0.552. The molecule has 0 radical (unpaired) electrons. The summed E-state index contributed by atoms with van der Waals surface area (Å²) < 4.78 is 5.90. The van der Waals surface area contributed by atoms with Gasteiger partial charge in [-0.3, -0.25) is 9.78 Å². The summed E-state index contributed by atoms with van der Waals surface area (Å²) in [5, 5.41) is 6.47. The fourth-order valence-electron chi connectivity index (χ4n) is 3.02. The fourth-order valence-corrected chi connectivity index (χ4v) is 3.02. The monoisotopic (exact) mass is 395 g/mol. The van der Waals surface area contributed by atoms with E-state index in [1.165, 1.54) is 5.39 Å². The minimum atomic E-state index is -0.264. The van der Waals surface area contributed by atoms with E-state index in [1.807, 2.05) is 61.5 Å². The second-order valence-electron chi connectivity index (χ2n) is 6.87. The first-order chi connectivity index (χ1) is 14.7. The summed E-state index contributed by atoms with van der Waals surface area (Å²) >= 11 is 0. The van der Waals surface area contributed by atoms with E-state index in [2.05, 4.69) is 27.6 Å². The van der Waals surface area contributed by atoms with Crippen molar-refractivity contribution < 1.29 is 9.53 Å². The molecule has 0 atom stereocenters. The molecule has 0 saturated heterocycles. The largest absolute Gasteiger partial charge is 0.489 e. The molecule has 4 rings (SSSR count). The van der Waals surface area contributed by atoms with Gasteiger partial charge in [0.2, 0.25) is 0 Å². The maximum Gasteiger partial charge on any atom is 0.271 e. The van der Waals surface area contributed by atoms with Gasteiger partial charge in [0.25, 0.3) is 5.91 Å². The lowest BCUT2D eigenvalue weighted by Crippen LogP contribution is -2.19. The van der Waals surface area contributed by atoms with Crippen LogP contribution in [0.3, 0.4) is 0 Å². The molecule has 1 amide bonds. The van der Waals surface area contributed by atoms with Crippen LogP contribution in [0.1, 0.15) is 28.4 Å². The van der Waals surface area contributed by atoms with E-state index in [0.717, 1.165) is 22.3 Å². The molecule has 30 heavy (non-hydrogen) atoms. The second kappa shape index (κ2) is 9.01. The molecule has 0 aliphatic rings. The highest BCUT2D eigenvalue weighted by atomic mass is 16.5. The van der Waals surface area contributed by atoms with E-state index in [-0.39, 0.29) is 5.91 Å². The number of nitrogens with one attached hydrogen (secondary N) is 1. The Morgan fingerprint density at radius 2 is 1.73 bits per heavy atom. The van der Waals surface area contributed by atoms with Crippen LogP contribution in [0, 0.1) is 0 Å². The van der Waals surface area contributed by atoms with Gasteiger partial charge in [-0.15, -0.1) is 0 Å². The van der Waals surface area contributed by atoms with Crippen LogP contribution >= 0.6 is 0 Å². The predicted molar refractivity (Wildman–Crippen MR) is 119 cm³/mol. The summed E-state index contributed by atoms with van der Waals surface area (Å²) in [6.45, 7) is 2.25. The average Bonchev–Trinajstić information content (AvgIpc) is 2.81. The quantitative estimate of drug-likeness (QED) is 0.370. The number of hydrogen-bond donors (Lipinski definition) is 1. The highest BCUT2D eigenvalue weighted by Crippen LogP contribution is 2.21. The van der Waals surface area contributed by atoms with Crippen LogP contribution in [-0.4, -0.2) is 16.6 Å². The number of hydrogen-bond acceptors (Lipinski definition) is 4. The van der Waals surface area contributed by atoms with Crippen molar-refractivity contribution in [3.63, 3.8) is 0 Å². The molecule has 0 saturated carbocycles. The molecule has 1 N–H and O–H groups in total. The van der Waals surface area contributed by atoms with E-state index < -0.39 is 0 Å². The number of fused-ring (bicyclic) bond motifs is 1. The van der Waals surface area contributed by atoms with Crippen molar-refractivity contribution in [1.29, 1.82) is 0 Å². The average molecular weight is 395 g/mol. The van der Waals surface area contributed by atoms with Gasteiger partial charge in [-0.25, -0.2) is 5.43 Å². The second-order valence-corrected chi connectivity index (χ2v) is 6.87. The summed E-state index contributed by atoms with van der Waals surface area (Å²) in [7, 11) is 0. The molecule has 0 bridgehead atoms. The standard InChI is InChI=1S/C25H21N3O2/c1-18(23-7-4-14-26-16-23)27-28-25(29)21-10-8-19(9-11-21)17-30-24-13-12-20-5-2-3-6-22(20)15-24/h2-16H,17H2,1H3,(H,28,29). The summed E-state index contributed by atoms with van der Waals surface area (Å²) in [4.78, 5) is 16.4. The number of hydrazone groups is 1. The summed E-state index contributed by atoms with van der Waals surface area (Å²) in [5.41, 5.74) is 5.65. The molecule has 0 spiro atoms. The first kappa shape index (κ1) is 19.3. The van der Waals surface area contributed by atoms with Crippen molar-refractivity contribution in [2.75, 3.05) is 0 Å². The van der Waals surface area contributed by atoms with E-state index in [1.54, 1.807) is 24.5 Å². The Morgan fingerprint density at radius 1 is 0.933 bits per heavy atom. The Bertz CT molecular complexity index is 1190. The molecule has 3 aromatic carbocycles. The molecule has 0 aliphatic heterocycles. The lowest BCUT2D eigenvalue weighted by atomic mass is 10.1. The van der Waals surface area contributed by atoms with Crippen LogP contribution in [0.15, 0.2) is 96.4 Å². The smallest absolute Gasteiger partial charge is 0.271 e. The van der Waals surface area contributed by atoms with Crippen molar-refractivity contribution in [2.45, 2.75) is 13.5 Å². The third-order valence-corrected chi connectivity index (χ3v) is 4.75. The van der Waals surface area contributed by atoms with Crippen molar-refractivity contribution >= 4 is 22.4 Å². The zero-order valence-corrected chi connectivity index (χ0v) is 16.6. The topological polar surface area (TPSA) is 63.6 Å². The Labute approximate surface area is 175 Å². The van der Waals surface area contributed by atoms with E-state index in [0.29, 0.717) is 17.9 Å². The van der Waals surface area contributed by atoms with Gasteiger partial charge < -0.3 is 4.74 Å². The lowest BCUT2D eigenvalue weighted by Gasteiger charge is -2.08. The Balaban J connectivity index is 1.35. The third kappa shape index (κ3) is 4.70. The Kier molecular flexibility index (Phi) is 5.80. The van der Waals surface area contributed by atoms with Crippen LogP contribution in [0.2, 0.25) is 0 Å². The Morgan fingerprint density at radius 3 is 2.50 bits per heavy atom. The SMILES string of the molecule is CC(=NNC(=O)c1ccc(COc2ccc3ccccc3c2)cc1)c1cccnc1. The number of rotatable bonds is 6. The molecule has 0 fully saturated rings. The van der Waals surface area contributed by atoms with Crippen LogP contribution in [0.4, 0.5) is 0 Å². The zero-order chi connectivity index (χ0) is 20.8. The number of carbonyl (C=O) groups excluding carboxylic acids is 1. The van der Waals surface area contributed by atoms with E-state index in [4.69, 9.17) is 4.74 Å². The number of nitrogens with zero attached hydrogens (tertiary/aromatic N) is 2. The highest BCUT2D eigenvalue weighted by molar-refractivity contribution is 6.00. The van der Waals surface area contributed by atoms with Crippen molar-refractivity contribution in [1.82, 2.24) is 10.4 Å². The van der Waals surface area contributed by atoms with Gasteiger partial charge in [-0.2, -0.15) is 5.10 Å². The molecule has 0 unspecified atom stereocenters. The Hall–Kier alpha value is -3.99. The molecule has 5 nitrogen and oxygen atoms in total. The highest BCUT2D eigenvalue weighted by Gasteiger charge is 2.06. The van der Waals surface area contributed by atoms with E-state index in [9.17, 15) is 4.79 Å². The van der Waals surface area contributed by atoms with Gasteiger partial charge in [0.05, 0.1) is 5.71 Å². The van der Waals surface area contributed by atoms with Crippen molar-refractivity contribution in [2.24, 2.45) is 5.10 Å². The number of ether oxygens (including phenoxy) is 1. The first-order valence-electron chi connectivity index (χ1n) is 9.64. The molecule has 1 heterocycles. The first-order valence-corrected chi connectivity index (χ1v) is 9.64. The molecule has 4 aromatic rings. The summed E-state index contributed by atoms with van der Waals surface area (Å²) in [6.07, 6.45) is 3.40. The predicted octanol–water partition coefficient (Wildman–Crippen LogP) is 4.97. The van der Waals surface area contributed by atoms with Gasteiger partial charge in [-0.05, 0) is 53.6 Å². The number of benzene rings is 3. The van der Waals surface area contributed by atoms with E-state index >= 15 is 0 Å². The molecule has 0 aliphatic carbocycles. The van der Waals surface area contributed by atoms with Crippen molar-refractivity contribution in [3.05, 3.63) is 108 Å². The normalized spacial score (nSPS) is 11.3. The number of aromatic nitrogens is 1. The van der Waals surface area contributed by atoms with Gasteiger partial charge in [0, 0.05) is 23.5 Å². The number of pyridine rings is 1. The van der Waals surface area contributed by atoms with Crippen LogP contribution in [-0.2, 0) is 6.61 Å². The van der Waals surface area contributed by atoms with Gasteiger partial charge >= 0.3 is 0 Å². The molecular formula is C25H21N3O2. The minimum absolute atomic E-state index is 0.264. The number of amides is 1. The molecule has 148 valence electrons. The molecule has 1 aromatic heterocycles. The van der Waals surface area contributed by atoms with Gasteiger partial charge in [-0.1, -0.05) is 48.5 Å². The van der Waals surface area contributed by atoms with Crippen LogP contribution in [0.25, 0.3) is 10.8 Å². The molecular weight excluding hydrogens is 374 g/mol. The van der Waals surface area contributed by atoms with Gasteiger partial charge in [0.15, 0.2) is 0 Å². The van der Waals surface area contributed by atoms with Crippen molar-refractivity contribution in [3.8, 4) is 5.75 Å². The van der Waals surface area contributed by atoms with Gasteiger partial charge in [0.1, 0.15) is 12.4 Å². The fraction of sp³-hybridized carbons (Fsp3) is 0.0800. The third-order valence-electron chi connectivity index (χ3n) is 4.75. The maximum absolute atomic E-state index is 12.3. The number of carbonyl (C=O) groups is 1. The summed E-state index contributed by atoms with van der Waals surface area (Å²) in [6, 6.07) is 25.2. The van der Waals surface area contributed by atoms with Crippen LogP contribution < -0.4 is 10.2 Å². The zero-order valence-electron chi connectivity index (χ0n) is 16.6. The maximum atomic E-state index is 12.3.